The molecule has 0 unspecified atom stereocenters. The maximum Gasteiger partial charge on any atom is 0.358 e. The highest BCUT2D eigenvalue weighted by Crippen LogP contribution is 2.27. The van der Waals surface area contributed by atoms with Crippen molar-refractivity contribution < 1.29 is 14.3 Å². The third-order valence-electron chi connectivity index (χ3n) is 4.59. The molecule has 0 radical (unpaired) electrons. The van der Waals surface area contributed by atoms with E-state index in [-0.39, 0.29) is 5.69 Å². The minimum atomic E-state index is -0.473. The van der Waals surface area contributed by atoms with Gasteiger partial charge in [0.2, 0.25) is 0 Å². The lowest BCUT2D eigenvalue weighted by atomic mass is 10.0. The van der Waals surface area contributed by atoms with Crippen LogP contribution in [0.1, 0.15) is 30.8 Å². The van der Waals surface area contributed by atoms with E-state index in [1.165, 1.54) is 13.3 Å². The van der Waals surface area contributed by atoms with Crippen LogP contribution in [0.5, 0.6) is 0 Å². The summed E-state index contributed by atoms with van der Waals surface area (Å²) in [6.07, 6.45) is 4.38. The summed E-state index contributed by atoms with van der Waals surface area (Å²) in [5.74, 6) is 0.752. The van der Waals surface area contributed by atoms with Gasteiger partial charge in [0.15, 0.2) is 5.69 Å². The Morgan fingerprint density at radius 1 is 1.39 bits per heavy atom. The van der Waals surface area contributed by atoms with Crippen LogP contribution in [0.4, 0.5) is 5.82 Å². The summed E-state index contributed by atoms with van der Waals surface area (Å²) < 4.78 is 10.6. The van der Waals surface area contributed by atoms with Gasteiger partial charge in [-0.15, -0.1) is 0 Å². The first-order chi connectivity index (χ1) is 11.1. The third kappa shape index (κ3) is 3.61. The fourth-order valence-electron chi connectivity index (χ4n) is 3.23. The van der Waals surface area contributed by atoms with E-state index in [2.05, 4.69) is 38.8 Å². The molecule has 2 aliphatic heterocycles. The number of esters is 1. The number of aromatic nitrogens is 2. The molecule has 0 spiro atoms. The lowest BCUT2D eigenvalue weighted by molar-refractivity contribution is -0.0683. The van der Waals surface area contributed by atoms with Crippen molar-refractivity contribution in [1.29, 1.82) is 0 Å². The van der Waals surface area contributed by atoms with Crippen molar-refractivity contribution in [3.63, 3.8) is 0 Å². The molecule has 3 rings (SSSR count). The summed E-state index contributed by atoms with van der Waals surface area (Å²) in [6, 6.07) is 0.803. The average Bonchev–Trinajstić information content (AvgIpc) is 2.96. The first-order valence-corrected chi connectivity index (χ1v) is 8.09. The Kier molecular flexibility index (Phi) is 4.77. The zero-order chi connectivity index (χ0) is 16.4. The van der Waals surface area contributed by atoms with Crippen molar-refractivity contribution in [3.05, 3.63) is 18.1 Å². The quantitative estimate of drug-likeness (QED) is 0.835. The standard InChI is InChI=1S/C16H24N4O3/c1-10(2)14-8-20-7-11(4-12(20)9-23-14)19-15-6-17-13(5-18-15)16(21)22-3/h5-6,10-12,14H,4,7-9H2,1-3H3,(H,18,19)/t11-,12-,14-/m0/s1. The second-order valence-corrected chi connectivity index (χ2v) is 6.58. The molecule has 0 amide bonds. The molecule has 3 heterocycles. The van der Waals surface area contributed by atoms with Gasteiger partial charge in [-0.2, -0.15) is 0 Å². The van der Waals surface area contributed by atoms with Gasteiger partial charge >= 0.3 is 5.97 Å². The normalized spacial score (nSPS) is 27.7. The molecule has 7 nitrogen and oxygen atoms in total. The molecule has 0 aliphatic carbocycles. The SMILES string of the molecule is COC(=O)c1cnc(N[C@H]2C[C@H]3CO[C@H](C(C)C)CN3C2)cn1. The number of carbonyl (C=O) groups is 1. The number of carbonyl (C=O) groups excluding carboxylic acids is 1. The summed E-state index contributed by atoms with van der Waals surface area (Å²) in [7, 11) is 1.33. The Labute approximate surface area is 136 Å². The van der Waals surface area contributed by atoms with Gasteiger partial charge in [0.1, 0.15) is 5.82 Å². The van der Waals surface area contributed by atoms with Crippen molar-refractivity contribution in [1.82, 2.24) is 14.9 Å². The van der Waals surface area contributed by atoms with Crippen molar-refractivity contribution >= 4 is 11.8 Å². The van der Waals surface area contributed by atoms with Crippen LogP contribution in [0.2, 0.25) is 0 Å². The van der Waals surface area contributed by atoms with Gasteiger partial charge in [-0.1, -0.05) is 13.8 Å². The van der Waals surface area contributed by atoms with E-state index in [4.69, 9.17) is 4.74 Å². The number of morpholine rings is 1. The van der Waals surface area contributed by atoms with Gasteiger partial charge in [0.05, 0.1) is 32.2 Å². The molecule has 0 aromatic carbocycles. The fraction of sp³-hybridized carbons (Fsp3) is 0.688. The number of ether oxygens (including phenoxy) is 2. The first-order valence-electron chi connectivity index (χ1n) is 8.09. The predicted molar refractivity (Wildman–Crippen MR) is 85.3 cm³/mol. The van der Waals surface area contributed by atoms with E-state index < -0.39 is 5.97 Å². The number of methoxy groups -OCH3 is 1. The van der Waals surface area contributed by atoms with Crippen LogP contribution < -0.4 is 5.32 Å². The Morgan fingerprint density at radius 2 is 2.22 bits per heavy atom. The molecule has 1 aromatic heterocycles. The molecule has 2 fully saturated rings. The largest absolute Gasteiger partial charge is 0.464 e. The molecular formula is C16H24N4O3. The number of anilines is 1. The number of hydrogen-bond donors (Lipinski definition) is 1. The van der Waals surface area contributed by atoms with E-state index in [9.17, 15) is 4.79 Å². The smallest absolute Gasteiger partial charge is 0.358 e. The lowest BCUT2D eigenvalue weighted by Crippen LogP contribution is -2.48. The van der Waals surface area contributed by atoms with E-state index in [1.54, 1.807) is 6.20 Å². The Morgan fingerprint density at radius 3 is 2.87 bits per heavy atom. The van der Waals surface area contributed by atoms with Gasteiger partial charge in [0.25, 0.3) is 0 Å². The van der Waals surface area contributed by atoms with E-state index in [0.717, 1.165) is 26.1 Å². The third-order valence-corrected chi connectivity index (χ3v) is 4.59. The van der Waals surface area contributed by atoms with Crippen LogP contribution in [0.15, 0.2) is 12.4 Å². The zero-order valence-electron chi connectivity index (χ0n) is 13.9. The van der Waals surface area contributed by atoms with Crippen LogP contribution in [-0.4, -0.2) is 65.8 Å². The maximum absolute atomic E-state index is 11.4. The molecule has 7 heteroatoms. The summed E-state index contributed by atoms with van der Waals surface area (Å²) in [4.78, 5) is 22.2. The van der Waals surface area contributed by atoms with E-state index >= 15 is 0 Å². The fourth-order valence-corrected chi connectivity index (χ4v) is 3.23. The second kappa shape index (κ2) is 6.80. The second-order valence-electron chi connectivity index (χ2n) is 6.58. The molecule has 3 atom stereocenters. The maximum atomic E-state index is 11.4. The van der Waals surface area contributed by atoms with Crippen molar-refractivity contribution in [2.75, 3.05) is 32.1 Å². The molecule has 1 N–H and O–H groups in total. The zero-order valence-corrected chi connectivity index (χ0v) is 13.9. The molecule has 126 valence electrons. The molecule has 2 saturated heterocycles. The molecule has 1 aromatic rings. The Hall–Kier alpha value is -1.73. The van der Waals surface area contributed by atoms with Crippen LogP contribution in [0.25, 0.3) is 0 Å². The van der Waals surface area contributed by atoms with Gasteiger partial charge in [0, 0.05) is 25.2 Å². The average molecular weight is 320 g/mol. The number of nitrogens with zero attached hydrogens (tertiary/aromatic N) is 3. The minimum Gasteiger partial charge on any atom is -0.464 e. The van der Waals surface area contributed by atoms with Gasteiger partial charge in [-0.3, -0.25) is 4.90 Å². The highest BCUT2D eigenvalue weighted by Gasteiger charge is 2.38. The van der Waals surface area contributed by atoms with Crippen molar-refractivity contribution in [2.45, 2.75) is 38.5 Å². The summed E-state index contributed by atoms with van der Waals surface area (Å²) in [5, 5.41) is 3.40. The lowest BCUT2D eigenvalue weighted by Gasteiger charge is -2.36. The molecule has 0 saturated carbocycles. The number of fused-ring (bicyclic) bond motifs is 1. The highest BCUT2D eigenvalue weighted by molar-refractivity contribution is 5.86. The summed E-state index contributed by atoms with van der Waals surface area (Å²) in [5.41, 5.74) is 0.218. The number of rotatable bonds is 4. The molecule has 2 aliphatic rings. The Balaban J connectivity index is 1.57. The summed E-state index contributed by atoms with van der Waals surface area (Å²) >= 11 is 0. The number of hydrogen-bond acceptors (Lipinski definition) is 7. The molecular weight excluding hydrogens is 296 g/mol. The Bertz CT molecular complexity index is 549. The van der Waals surface area contributed by atoms with Crippen molar-refractivity contribution in [2.24, 2.45) is 5.92 Å². The van der Waals surface area contributed by atoms with Gasteiger partial charge in [-0.25, -0.2) is 14.8 Å². The molecule has 23 heavy (non-hydrogen) atoms. The monoisotopic (exact) mass is 320 g/mol. The van der Waals surface area contributed by atoms with Gasteiger partial charge in [-0.05, 0) is 12.3 Å². The molecule has 0 bridgehead atoms. The summed E-state index contributed by atoms with van der Waals surface area (Å²) in [6.45, 7) is 7.18. The van der Waals surface area contributed by atoms with Gasteiger partial charge < -0.3 is 14.8 Å². The van der Waals surface area contributed by atoms with Crippen LogP contribution >= 0.6 is 0 Å². The van der Waals surface area contributed by atoms with Crippen LogP contribution in [0, 0.1) is 5.92 Å². The predicted octanol–water partition coefficient (Wildman–Crippen LogP) is 1.17. The van der Waals surface area contributed by atoms with Crippen LogP contribution in [-0.2, 0) is 9.47 Å². The minimum absolute atomic E-state index is 0.218. The number of nitrogens with one attached hydrogen (secondary N) is 1. The van der Waals surface area contributed by atoms with Crippen molar-refractivity contribution in [3.8, 4) is 0 Å². The highest BCUT2D eigenvalue weighted by atomic mass is 16.5. The van der Waals surface area contributed by atoms with Crippen LogP contribution in [0.3, 0.4) is 0 Å². The van der Waals surface area contributed by atoms with E-state index in [0.29, 0.717) is 29.9 Å². The first kappa shape index (κ1) is 16.1. The van der Waals surface area contributed by atoms with E-state index in [1.807, 2.05) is 0 Å². The topological polar surface area (TPSA) is 76.6 Å².